The minimum absolute atomic E-state index is 0.201. The molecule has 31 heavy (non-hydrogen) atoms. The molecular formula is C23H14Cl3NO2S2. The molecule has 3 nitrogen and oxygen atoms in total. The fourth-order valence-corrected chi connectivity index (χ4v) is 4.91. The van der Waals surface area contributed by atoms with E-state index in [0.29, 0.717) is 35.7 Å². The van der Waals surface area contributed by atoms with Crippen LogP contribution in [0.15, 0.2) is 71.6 Å². The van der Waals surface area contributed by atoms with E-state index < -0.39 is 0 Å². The number of ether oxygens (including phenoxy) is 1. The van der Waals surface area contributed by atoms with Crippen LogP contribution in [0.1, 0.15) is 11.1 Å². The highest BCUT2D eigenvalue weighted by molar-refractivity contribution is 8.27. The van der Waals surface area contributed by atoms with Gasteiger partial charge >= 0.3 is 0 Å². The zero-order valence-electron chi connectivity index (χ0n) is 15.8. The van der Waals surface area contributed by atoms with Crippen molar-refractivity contribution < 1.29 is 9.53 Å². The van der Waals surface area contributed by atoms with Crippen LogP contribution in [-0.4, -0.2) is 10.2 Å². The topological polar surface area (TPSA) is 29.5 Å². The van der Waals surface area contributed by atoms with Crippen molar-refractivity contribution in [1.29, 1.82) is 0 Å². The molecule has 0 N–H and O–H groups in total. The van der Waals surface area contributed by atoms with E-state index in [9.17, 15) is 4.79 Å². The highest BCUT2D eigenvalue weighted by atomic mass is 35.5. The number of carbonyl (C=O) groups is 1. The van der Waals surface area contributed by atoms with Gasteiger partial charge in [-0.2, -0.15) is 0 Å². The summed E-state index contributed by atoms with van der Waals surface area (Å²) in [5.41, 5.74) is 2.22. The van der Waals surface area contributed by atoms with Crippen LogP contribution in [0.3, 0.4) is 0 Å². The first-order chi connectivity index (χ1) is 14.9. The molecule has 8 heteroatoms. The van der Waals surface area contributed by atoms with E-state index in [1.54, 1.807) is 42.5 Å². The summed E-state index contributed by atoms with van der Waals surface area (Å²) in [6.45, 7) is 0.268. The van der Waals surface area contributed by atoms with Crippen LogP contribution in [0.25, 0.3) is 6.08 Å². The summed E-state index contributed by atoms with van der Waals surface area (Å²) in [6.07, 6.45) is 1.78. The Hall–Kier alpha value is -2.02. The molecule has 0 radical (unpaired) electrons. The molecule has 0 atom stereocenters. The molecule has 3 aromatic carbocycles. The van der Waals surface area contributed by atoms with Crippen LogP contribution in [0.5, 0.6) is 5.75 Å². The van der Waals surface area contributed by atoms with Crippen molar-refractivity contribution in [2.24, 2.45) is 0 Å². The van der Waals surface area contributed by atoms with Gasteiger partial charge < -0.3 is 4.74 Å². The molecule has 1 amide bonds. The van der Waals surface area contributed by atoms with Gasteiger partial charge in [-0.3, -0.25) is 9.69 Å². The first kappa shape index (κ1) is 22.2. The maximum Gasteiger partial charge on any atom is 0.270 e. The molecule has 0 saturated carbocycles. The number of halogens is 3. The van der Waals surface area contributed by atoms with Crippen LogP contribution in [-0.2, 0) is 11.4 Å². The summed E-state index contributed by atoms with van der Waals surface area (Å²) >= 11 is 24.9. The van der Waals surface area contributed by atoms with Crippen LogP contribution < -0.4 is 9.64 Å². The number of carbonyl (C=O) groups excluding carboxylic acids is 1. The third-order valence-electron chi connectivity index (χ3n) is 4.46. The number of nitrogens with zero attached hydrogens (tertiary/aromatic N) is 1. The summed E-state index contributed by atoms with van der Waals surface area (Å²) < 4.78 is 6.44. The van der Waals surface area contributed by atoms with Crippen LogP contribution in [0.4, 0.5) is 5.69 Å². The molecule has 1 heterocycles. The molecule has 1 saturated heterocycles. The first-order valence-corrected chi connectivity index (χ1v) is 11.5. The molecule has 0 unspecified atom stereocenters. The minimum atomic E-state index is -0.201. The first-order valence-electron chi connectivity index (χ1n) is 9.11. The Bertz CT molecular complexity index is 1210. The van der Waals surface area contributed by atoms with Gasteiger partial charge in [-0.05, 0) is 42.5 Å². The number of rotatable bonds is 5. The summed E-state index contributed by atoms with van der Waals surface area (Å²) in [6, 6.07) is 19.8. The lowest BCUT2D eigenvalue weighted by molar-refractivity contribution is -0.113. The van der Waals surface area contributed by atoms with Crippen molar-refractivity contribution in [3.05, 3.63) is 97.8 Å². The molecular weight excluding hydrogens is 493 g/mol. The van der Waals surface area contributed by atoms with Gasteiger partial charge in [0.2, 0.25) is 0 Å². The van der Waals surface area contributed by atoms with E-state index >= 15 is 0 Å². The van der Waals surface area contributed by atoms with Crippen molar-refractivity contribution in [3.8, 4) is 5.75 Å². The van der Waals surface area contributed by atoms with Crippen molar-refractivity contribution >= 4 is 80.8 Å². The predicted molar refractivity (Wildman–Crippen MR) is 134 cm³/mol. The van der Waals surface area contributed by atoms with E-state index in [2.05, 4.69) is 0 Å². The Morgan fingerprint density at radius 3 is 2.52 bits per heavy atom. The average molecular weight is 507 g/mol. The lowest BCUT2D eigenvalue weighted by Gasteiger charge is -2.14. The van der Waals surface area contributed by atoms with Crippen molar-refractivity contribution in [2.45, 2.75) is 6.61 Å². The van der Waals surface area contributed by atoms with E-state index in [-0.39, 0.29) is 12.5 Å². The summed E-state index contributed by atoms with van der Waals surface area (Å²) in [5, 5.41) is 1.64. The van der Waals surface area contributed by atoms with Crippen molar-refractivity contribution in [3.63, 3.8) is 0 Å². The molecule has 0 aliphatic carbocycles. The van der Waals surface area contributed by atoms with E-state index in [0.717, 1.165) is 11.1 Å². The number of thioether (sulfide) groups is 1. The number of thiocarbonyl (C=S) groups is 1. The Morgan fingerprint density at radius 1 is 0.968 bits per heavy atom. The lowest BCUT2D eigenvalue weighted by atomic mass is 10.1. The normalized spacial score (nSPS) is 15.1. The van der Waals surface area contributed by atoms with E-state index in [1.807, 2.05) is 30.3 Å². The quantitative estimate of drug-likeness (QED) is 0.263. The van der Waals surface area contributed by atoms with Crippen molar-refractivity contribution in [2.75, 3.05) is 4.90 Å². The molecule has 0 spiro atoms. The zero-order valence-corrected chi connectivity index (χ0v) is 19.8. The van der Waals surface area contributed by atoms with E-state index in [1.165, 1.54) is 16.7 Å². The summed E-state index contributed by atoms with van der Waals surface area (Å²) in [5.74, 6) is 0.425. The fraction of sp³-hybridized carbons (Fsp3) is 0.0435. The number of amides is 1. The highest BCUT2D eigenvalue weighted by Crippen LogP contribution is 2.38. The highest BCUT2D eigenvalue weighted by Gasteiger charge is 2.33. The Balaban J connectivity index is 1.58. The monoisotopic (exact) mass is 505 g/mol. The zero-order chi connectivity index (χ0) is 22.0. The van der Waals surface area contributed by atoms with Gasteiger partial charge in [-0.1, -0.05) is 89.1 Å². The molecule has 156 valence electrons. The maximum absolute atomic E-state index is 13.0. The maximum atomic E-state index is 13.0. The largest absolute Gasteiger partial charge is 0.488 e. The molecule has 0 aromatic heterocycles. The lowest BCUT2D eigenvalue weighted by Crippen LogP contribution is -2.27. The molecule has 3 aromatic rings. The molecule has 1 aliphatic rings. The number of hydrogen-bond donors (Lipinski definition) is 0. The van der Waals surface area contributed by atoms with Gasteiger partial charge in [-0.25, -0.2) is 0 Å². The van der Waals surface area contributed by atoms with Gasteiger partial charge in [0.1, 0.15) is 12.4 Å². The predicted octanol–water partition coefficient (Wildman–Crippen LogP) is 7.63. The number of para-hydroxylation sites is 1. The van der Waals surface area contributed by atoms with Crippen LogP contribution >= 0.6 is 58.8 Å². The summed E-state index contributed by atoms with van der Waals surface area (Å²) in [4.78, 5) is 15.0. The third kappa shape index (κ3) is 5.08. The minimum Gasteiger partial charge on any atom is -0.488 e. The number of benzene rings is 3. The second-order valence-electron chi connectivity index (χ2n) is 6.56. The SMILES string of the molecule is O=C1/C(=C/c2ccccc2OCc2ccc(Cl)cc2Cl)SC(=S)N1c1cccc(Cl)c1. The third-order valence-corrected chi connectivity index (χ3v) is 6.59. The number of anilines is 1. The standard InChI is InChI=1S/C23H14Cl3NO2S2/c24-16-5-3-6-18(11-16)27-22(28)21(31-23(27)30)10-14-4-1-2-7-20(14)29-13-15-8-9-17(25)12-19(15)26/h1-12H,13H2/b21-10-. The van der Waals surface area contributed by atoms with Crippen LogP contribution in [0.2, 0.25) is 15.1 Å². The van der Waals surface area contributed by atoms with Gasteiger partial charge in [0.15, 0.2) is 4.32 Å². The molecule has 1 aliphatic heterocycles. The smallest absolute Gasteiger partial charge is 0.270 e. The van der Waals surface area contributed by atoms with Gasteiger partial charge in [0, 0.05) is 26.2 Å². The second kappa shape index (κ2) is 9.63. The number of hydrogen-bond acceptors (Lipinski definition) is 4. The average Bonchev–Trinajstić information content (AvgIpc) is 3.01. The van der Waals surface area contributed by atoms with Crippen LogP contribution in [0, 0.1) is 0 Å². The Kier molecular flexibility index (Phi) is 6.89. The van der Waals surface area contributed by atoms with Gasteiger partial charge in [0.05, 0.1) is 10.6 Å². The van der Waals surface area contributed by atoms with E-state index in [4.69, 9.17) is 51.8 Å². The Labute approximate surface area is 204 Å². The fourth-order valence-electron chi connectivity index (χ4n) is 2.97. The second-order valence-corrected chi connectivity index (χ2v) is 9.52. The van der Waals surface area contributed by atoms with Crippen molar-refractivity contribution in [1.82, 2.24) is 0 Å². The molecule has 0 bridgehead atoms. The molecule has 1 fully saturated rings. The summed E-state index contributed by atoms with van der Waals surface area (Å²) in [7, 11) is 0. The molecule has 4 rings (SSSR count). The van der Waals surface area contributed by atoms with Gasteiger partial charge in [-0.15, -0.1) is 0 Å². The Morgan fingerprint density at radius 2 is 1.74 bits per heavy atom. The van der Waals surface area contributed by atoms with Gasteiger partial charge in [0.25, 0.3) is 5.91 Å².